The first kappa shape index (κ1) is 15.8. The second-order valence-electron chi connectivity index (χ2n) is 8.01. The maximum Gasteiger partial charge on any atom is 0.0223 e. The fraction of sp³-hybridized carbons (Fsp3) is 1.00. The van der Waals surface area contributed by atoms with Gasteiger partial charge in [-0.3, -0.25) is 9.80 Å². The summed E-state index contributed by atoms with van der Waals surface area (Å²) in [6.45, 7) is 8.99. The minimum atomic E-state index is 0.554. The van der Waals surface area contributed by atoms with Gasteiger partial charge in [0.1, 0.15) is 0 Å². The molecule has 0 spiro atoms. The molecule has 2 heterocycles. The average molecular weight is 293 g/mol. The van der Waals surface area contributed by atoms with Crippen molar-refractivity contribution in [2.24, 2.45) is 5.41 Å². The van der Waals surface area contributed by atoms with Crippen LogP contribution in [-0.2, 0) is 0 Å². The summed E-state index contributed by atoms with van der Waals surface area (Å²) >= 11 is 0. The Hall–Kier alpha value is -0.120. The van der Waals surface area contributed by atoms with Crippen LogP contribution in [0, 0.1) is 5.41 Å². The highest BCUT2D eigenvalue weighted by Crippen LogP contribution is 2.38. The van der Waals surface area contributed by atoms with Gasteiger partial charge in [-0.2, -0.15) is 0 Å². The average Bonchev–Trinajstić information content (AvgIpc) is 2.49. The van der Waals surface area contributed by atoms with Crippen molar-refractivity contribution in [2.45, 2.75) is 70.4 Å². The summed E-state index contributed by atoms with van der Waals surface area (Å²) in [4.78, 5) is 5.62. The first-order valence-corrected chi connectivity index (χ1v) is 9.35. The molecule has 2 saturated heterocycles. The summed E-state index contributed by atoms with van der Waals surface area (Å²) in [6.07, 6.45) is 11.5. The summed E-state index contributed by atoms with van der Waals surface area (Å²) in [5.74, 6) is 0. The van der Waals surface area contributed by atoms with E-state index in [2.05, 4.69) is 29.1 Å². The minimum Gasteiger partial charge on any atom is -0.319 e. The molecule has 0 radical (unpaired) electrons. The molecule has 122 valence electrons. The van der Waals surface area contributed by atoms with Gasteiger partial charge in [-0.1, -0.05) is 25.7 Å². The lowest BCUT2D eigenvalue weighted by atomic mass is 9.73. The van der Waals surface area contributed by atoms with E-state index in [0.717, 1.165) is 12.1 Å². The van der Waals surface area contributed by atoms with Crippen LogP contribution in [0.3, 0.4) is 0 Å². The van der Waals surface area contributed by atoms with Crippen LogP contribution in [0.5, 0.6) is 0 Å². The zero-order valence-electron chi connectivity index (χ0n) is 14.2. The first-order chi connectivity index (χ1) is 10.2. The van der Waals surface area contributed by atoms with E-state index < -0.39 is 0 Å². The van der Waals surface area contributed by atoms with Gasteiger partial charge in [0.05, 0.1) is 0 Å². The Morgan fingerprint density at radius 3 is 2.62 bits per heavy atom. The Bertz CT molecular complexity index is 319. The third-order valence-electron chi connectivity index (χ3n) is 6.32. The second-order valence-corrected chi connectivity index (χ2v) is 8.01. The van der Waals surface area contributed by atoms with Crippen LogP contribution in [0.2, 0.25) is 0 Å². The summed E-state index contributed by atoms with van der Waals surface area (Å²) in [5.41, 5.74) is 0.554. The highest BCUT2D eigenvalue weighted by Gasteiger charge is 2.38. The number of fused-ring (bicyclic) bond motifs is 1. The summed E-state index contributed by atoms with van der Waals surface area (Å²) in [5, 5.41) is 3.50. The molecule has 3 fully saturated rings. The molecule has 1 saturated carbocycles. The van der Waals surface area contributed by atoms with Crippen LogP contribution in [0.1, 0.15) is 58.3 Å². The Morgan fingerprint density at radius 2 is 1.86 bits per heavy atom. The Labute approximate surface area is 131 Å². The molecule has 21 heavy (non-hydrogen) atoms. The molecule has 1 N–H and O–H groups in total. The molecule has 2 unspecified atom stereocenters. The zero-order chi connectivity index (χ0) is 14.7. The molecule has 0 bridgehead atoms. The molecule has 0 amide bonds. The number of nitrogens with zero attached hydrogens (tertiary/aromatic N) is 2. The van der Waals surface area contributed by atoms with E-state index in [1.54, 1.807) is 0 Å². The fourth-order valence-electron chi connectivity index (χ4n) is 5.13. The van der Waals surface area contributed by atoms with E-state index in [1.165, 1.54) is 84.1 Å². The van der Waals surface area contributed by atoms with E-state index in [-0.39, 0.29) is 0 Å². The topological polar surface area (TPSA) is 18.5 Å². The smallest absolute Gasteiger partial charge is 0.0223 e. The van der Waals surface area contributed by atoms with E-state index in [4.69, 9.17) is 0 Å². The summed E-state index contributed by atoms with van der Waals surface area (Å²) < 4.78 is 0. The summed E-state index contributed by atoms with van der Waals surface area (Å²) in [6, 6.07) is 1.60. The lowest BCUT2D eigenvalue weighted by molar-refractivity contribution is -0.0144. The molecule has 3 rings (SSSR count). The van der Waals surface area contributed by atoms with Crippen molar-refractivity contribution in [3.05, 3.63) is 0 Å². The Balaban J connectivity index is 1.64. The van der Waals surface area contributed by atoms with Gasteiger partial charge in [-0.15, -0.1) is 0 Å². The van der Waals surface area contributed by atoms with Crippen LogP contribution < -0.4 is 5.32 Å². The third kappa shape index (κ3) is 3.62. The predicted octanol–water partition coefficient (Wildman–Crippen LogP) is 2.71. The number of piperazine rings is 1. The number of nitrogens with one attached hydrogen (secondary N) is 1. The molecule has 1 aliphatic carbocycles. The third-order valence-corrected chi connectivity index (χ3v) is 6.32. The lowest BCUT2D eigenvalue weighted by Crippen LogP contribution is -2.61. The SMILES string of the molecule is CNCC1(CN2CC3CCCCN3CC2C)CCCCC1. The lowest BCUT2D eigenvalue weighted by Gasteiger charge is -2.51. The second kappa shape index (κ2) is 6.97. The van der Waals surface area contributed by atoms with E-state index in [9.17, 15) is 0 Å². The van der Waals surface area contributed by atoms with Crippen LogP contribution >= 0.6 is 0 Å². The van der Waals surface area contributed by atoms with E-state index in [1.807, 2.05) is 0 Å². The van der Waals surface area contributed by atoms with Gasteiger partial charge in [0.15, 0.2) is 0 Å². The molecule has 2 aliphatic heterocycles. The van der Waals surface area contributed by atoms with Crippen LogP contribution in [0.25, 0.3) is 0 Å². The molecule has 3 aliphatic rings. The molecular weight excluding hydrogens is 258 g/mol. The quantitative estimate of drug-likeness (QED) is 0.860. The van der Waals surface area contributed by atoms with Crippen molar-refractivity contribution in [3.8, 4) is 0 Å². The van der Waals surface area contributed by atoms with Crippen LogP contribution in [0.4, 0.5) is 0 Å². The fourth-order valence-corrected chi connectivity index (χ4v) is 5.13. The van der Waals surface area contributed by atoms with Crippen molar-refractivity contribution in [1.82, 2.24) is 15.1 Å². The van der Waals surface area contributed by atoms with Crippen molar-refractivity contribution >= 4 is 0 Å². The highest BCUT2D eigenvalue weighted by atomic mass is 15.3. The Kier molecular flexibility index (Phi) is 5.23. The molecular formula is C18H35N3. The maximum atomic E-state index is 3.50. The monoisotopic (exact) mass is 293 g/mol. The Morgan fingerprint density at radius 1 is 1.05 bits per heavy atom. The minimum absolute atomic E-state index is 0.554. The predicted molar refractivity (Wildman–Crippen MR) is 89.7 cm³/mol. The molecule has 0 aromatic carbocycles. The standard InChI is InChI=1S/C18H35N3/c1-16-12-20-11-7-4-8-17(20)13-21(16)15-18(14-19-2)9-5-3-6-10-18/h16-17,19H,3-15H2,1-2H3. The normalized spacial score (nSPS) is 34.6. The molecule has 3 nitrogen and oxygen atoms in total. The van der Waals surface area contributed by atoms with E-state index >= 15 is 0 Å². The van der Waals surface area contributed by atoms with Crippen LogP contribution in [-0.4, -0.2) is 61.7 Å². The number of piperidine rings is 1. The molecule has 2 atom stereocenters. The van der Waals surface area contributed by atoms with Crippen molar-refractivity contribution in [1.29, 1.82) is 0 Å². The highest BCUT2D eigenvalue weighted by molar-refractivity contribution is 4.94. The number of rotatable bonds is 4. The van der Waals surface area contributed by atoms with Gasteiger partial charge in [-0.25, -0.2) is 0 Å². The largest absolute Gasteiger partial charge is 0.319 e. The van der Waals surface area contributed by atoms with Crippen molar-refractivity contribution in [3.63, 3.8) is 0 Å². The number of hydrogen-bond acceptors (Lipinski definition) is 3. The van der Waals surface area contributed by atoms with Crippen molar-refractivity contribution in [2.75, 3.05) is 39.8 Å². The van der Waals surface area contributed by atoms with Gasteiger partial charge < -0.3 is 5.32 Å². The number of hydrogen-bond donors (Lipinski definition) is 1. The maximum absolute atomic E-state index is 3.50. The van der Waals surface area contributed by atoms with Gasteiger partial charge in [0, 0.05) is 38.3 Å². The first-order valence-electron chi connectivity index (χ1n) is 9.35. The zero-order valence-corrected chi connectivity index (χ0v) is 14.2. The van der Waals surface area contributed by atoms with Gasteiger partial charge in [-0.05, 0) is 51.6 Å². The van der Waals surface area contributed by atoms with E-state index in [0.29, 0.717) is 5.41 Å². The van der Waals surface area contributed by atoms with Gasteiger partial charge >= 0.3 is 0 Å². The molecule has 0 aromatic heterocycles. The summed E-state index contributed by atoms with van der Waals surface area (Å²) in [7, 11) is 2.14. The van der Waals surface area contributed by atoms with Gasteiger partial charge in [0.25, 0.3) is 0 Å². The van der Waals surface area contributed by atoms with Crippen LogP contribution in [0.15, 0.2) is 0 Å². The van der Waals surface area contributed by atoms with Gasteiger partial charge in [0.2, 0.25) is 0 Å². The molecule has 0 aromatic rings. The van der Waals surface area contributed by atoms with Crippen molar-refractivity contribution < 1.29 is 0 Å². The molecule has 3 heteroatoms.